The van der Waals surface area contributed by atoms with E-state index in [4.69, 9.17) is 10.5 Å². The molecule has 70 valence electrons. The van der Waals surface area contributed by atoms with E-state index in [2.05, 4.69) is 6.58 Å². The molecule has 1 aliphatic rings. The van der Waals surface area contributed by atoms with Crippen molar-refractivity contribution in [2.45, 2.75) is 44.6 Å². The summed E-state index contributed by atoms with van der Waals surface area (Å²) in [7, 11) is 0. The van der Waals surface area contributed by atoms with E-state index >= 15 is 0 Å². The molecule has 0 aromatic carbocycles. The highest BCUT2D eigenvalue weighted by Gasteiger charge is 2.31. The molecule has 0 aliphatic heterocycles. The smallest absolute Gasteiger partial charge is 0.109 e. The lowest BCUT2D eigenvalue weighted by Gasteiger charge is -2.34. The van der Waals surface area contributed by atoms with Crippen molar-refractivity contribution in [2.75, 3.05) is 6.61 Å². The Balaban J connectivity index is 2.50. The minimum absolute atomic E-state index is 0.228. The molecule has 0 saturated heterocycles. The van der Waals surface area contributed by atoms with Gasteiger partial charge in [-0.3, -0.25) is 0 Å². The van der Waals surface area contributed by atoms with Gasteiger partial charge in [-0.25, -0.2) is 0 Å². The average Bonchev–Trinajstić information content (AvgIpc) is 2.06. The van der Waals surface area contributed by atoms with Gasteiger partial charge in [-0.15, -0.1) is 0 Å². The molecular weight excluding hydrogens is 150 g/mol. The lowest BCUT2D eigenvalue weighted by atomic mass is 9.81. The largest absolute Gasteiger partial charge is 0.497 e. The van der Waals surface area contributed by atoms with Crippen molar-refractivity contribution in [2.24, 2.45) is 5.73 Å². The SMILES string of the molecule is C=C(OCC)C1(N)CCCCC1. The first kappa shape index (κ1) is 9.59. The summed E-state index contributed by atoms with van der Waals surface area (Å²) in [6, 6.07) is 0. The van der Waals surface area contributed by atoms with Crippen LogP contribution < -0.4 is 5.73 Å². The fourth-order valence-electron chi connectivity index (χ4n) is 1.78. The van der Waals surface area contributed by atoms with E-state index in [0.717, 1.165) is 18.6 Å². The van der Waals surface area contributed by atoms with Crippen molar-refractivity contribution in [3.8, 4) is 0 Å². The van der Waals surface area contributed by atoms with Crippen LogP contribution in [0.5, 0.6) is 0 Å². The van der Waals surface area contributed by atoms with Crippen LogP contribution in [-0.2, 0) is 4.74 Å². The fraction of sp³-hybridized carbons (Fsp3) is 0.800. The second kappa shape index (κ2) is 3.94. The van der Waals surface area contributed by atoms with Gasteiger partial charge in [-0.1, -0.05) is 25.8 Å². The summed E-state index contributed by atoms with van der Waals surface area (Å²) in [6.45, 7) is 6.54. The summed E-state index contributed by atoms with van der Waals surface area (Å²) in [6.07, 6.45) is 5.79. The van der Waals surface area contributed by atoms with Crippen LogP contribution in [0.4, 0.5) is 0 Å². The third-order valence-electron chi connectivity index (χ3n) is 2.62. The highest BCUT2D eigenvalue weighted by molar-refractivity contribution is 5.10. The molecular formula is C10H19NO. The summed E-state index contributed by atoms with van der Waals surface area (Å²) < 4.78 is 5.36. The van der Waals surface area contributed by atoms with Crippen molar-refractivity contribution < 1.29 is 4.74 Å². The number of nitrogens with two attached hydrogens (primary N) is 1. The summed E-state index contributed by atoms with van der Waals surface area (Å²) >= 11 is 0. The molecule has 12 heavy (non-hydrogen) atoms. The molecule has 1 saturated carbocycles. The van der Waals surface area contributed by atoms with Crippen LogP contribution in [-0.4, -0.2) is 12.1 Å². The van der Waals surface area contributed by atoms with Crippen LogP contribution in [0.1, 0.15) is 39.0 Å². The van der Waals surface area contributed by atoms with Crippen LogP contribution in [0.3, 0.4) is 0 Å². The van der Waals surface area contributed by atoms with Gasteiger partial charge in [0.1, 0.15) is 5.76 Å². The van der Waals surface area contributed by atoms with Gasteiger partial charge in [0.15, 0.2) is 0 Å². The molecule has 0 bridgehead atoms. The highest BCUT2D eigenvalue weighted by Crippen LogP contribution is 2.31. The first-order chi connectivity index (χ1) is 5.69. The lowest BCUT2D eigenvalue weighted by Crippen LogP contribution is -2.44. The van der Waals surface area contributed by atoms with Crippen molar-refractivity contribution in [3.05, 3.63) is 12.3 Å². The zero-order valence-corrected chi connectivity index (χ0v) is 7.94. The van der Waals surface area contributed by atoms with Crippen LogP contribution in [0.25, 0.3) is 0 Å². The third-order valence-corrected chi connectivity index (χ3v) is 2.62. The summed E-state index contributed by atoms with van der Waals surface area (Å²) in [4.78, 5) is 0. The van der Waals surface area contributed by atoms with Gasteiger partial charge in [-0.05, 0) is 19.8 Å². The Morgan fingerprint density at radius 2 is 2.00 bits per heavy atom. The quantitative estimate of drug-likeness (QED) is 0.657. The maximum Gasteiger partial charge on any atom is 0.109 e. The van der Waals surface area contributed by atoms with E-state index in [9.17, 15) is 0 Å². The van der Waals surface area contributed by atoms with Crippen molar-refractivity contribution >= 4 is 0 Å². The van der Waals surface area contributed by atoms with Crippen LogP contribution >= 0.6 is 0 Å². The molecule has 0 spiro atoms. The van der Waals surface area contributed by atoms with Crippen LogP contribution in [0.2, 0.25) is 0 Å². The van der Waals surface area contributed by atoms with E-state index in [-0.39, 0.29) is 5.54 Å². The van der Waals surface area contributed by atoms with Crippen LogP contribution in [0.15, 0.2) is 12.3 Å². The molecule has 0 radical (unpaired) electrons. The molecule has 0 aromatic heterocycles. The monoisotopic (exact) mass is 169 g/mol. The number of hydrogen-bond acceptors (Lipinski definition) is 2. The molecule has 0 atom stereocenters. The molecule has 1 aliphatic carbocycles. The Morgan fingerprint density at radius 1 is 1.42 bits per heavy atom. The van der Waals surface area contributed by atoms with Crippen LogP contribution in [0, 0.1) is 0 Å². The molecule has 0 amide bonds. The van der Waals surface area contributed by atoms with E-state index in [1.807, 2.05) is 6.92 Å². The molecule has 2 heteroatoms. The normalized spacial score (nSPS) is 21.8. The van der Waals surface area contributed by atoms with E-state index in [0.29, 0.717) is 6.61 Å². The molecule has 2 N–H and O–H groups in total. The second-order valence-corrected chi connectivity index (χ2v) is 3.57. The van der Waals surface area contributed by atoms with Gasteiger partial charge in [-0.2, -0.15) is 0 Å². The predicted molar refractivity (Wildman–Crippen MR) is 50.8 cm³/mol. The van der Waals surface area contributed by atoms with Gasteiger partial charge in [0.25, 0.3) is 0 Å². The molecule has 2 nitrogen and oxygen atoms in total. The standard InChI is InChI=1S/C10H19NO/c1-3-12-9(2)10(11)7-5-4-6-8-10/h2-8,11H2,1H3. The Labute approximate surface area is 74.8 Å². The van der Waals surface area contributed by atoms with Gasteiger partial charge in [0.2, 0.25) is 0 Å². The van der Waals surface area contributed by atoms with Gasteiger partial charge in [0.05, 0.1) is 12.1 Å². The fourth-order valence-corrected chi connectivity index (χ4v) is 1.78. The average molecular weight is 169 g/mol. The second-order valence-electron chi connectivity index (χ2n) is 3.57. The molecule has 0 aromatic rings. The maximum atomic E-state index is 6.16. The zero-order chi connectivity index (χ0) is 9.03. The Bertz CT molecular complexity index is 159. The number of rotatable bonds is 3. The van der Waals surface area contributed by atoms with E-state index < -0.39 is 0 Å². The first-order valence-electron chi connectivity index (χ1n) is 4.80. The summed E-state index contributed by atoms with van der Waals surface area (Å²) in [5.74, 6) is 0.782. The van der Waals surface area contributed by atoms with Gasteiger partial charge in [0, 0.05) is 0 Å². The molecule has 0 heterocycles. The summed E-state index contributed by atoms with van der Waals surface area (Å²) in [5.41, 5.74) is 5.94. The van der Waals surface area contributed by atoms with Crippen molar-refractivity contribution in [1.29, 1.82) is 0 Å². The Kier molecular flexibility index (Phi) is 3.15. The Hall–Kier alpha value is -0.500. The highest BCUT2D eigenvalue weighted by atomic mass is 16.5. The Morgan fingerprint density at radius 3 is 2.50 bits per heavy atom. The maximum absolute atomic E-state index is 6.16. The van der Waals surface area contributed by atoms with E-state index in [1.54, 1.807) is 0 Å². The first-order valence-corrected chi connectivity index (χ1v) is 4.80. The van der Waals surface area contributed by atoms with E-state index in [1.165, 1.54) is 19.3 Å². The van der Waals surface area contributed by atoms with Gasteiger partial charge >= 0.3 is 0 Å². The minimum Gasteiger partial charge on any atom is -0.497 e. The van der Waals surface area contributed by atoms with Crippen molar-refractivity contribution in [3.63, 3.8) is 0 Å². The lowest BCUT2D eigenvalue weighted by molar-refractivity contribution is 0.154. The van der Waals surface area contributed by atoms with Gasteiger partial charge < -0.3 is 10.5 Å². The minimum atomic E-state index is -0.228. The molecule has 0 unspecified atom stereocenters. The van der Waals surface area contributed by atoms with Crippen molar-refractivity contribution in [1.82, 2.24) is 0 Å². The predicted octanol–water partition coefficient (Wildman–Crippen LogP) is 2.20. The zero-order valence-electron chi connectivity index (χ0n) is 7.94. The third kappa shape index (κ3) is 2.01. The number of ether oxygens (including phenoxy) is 1. The number of hydrogen-bond donors (Lipinski definition) is 1. The summed E-state index contributed by atoms with van der Waals surface area (Å²) in [5, 5.41) is 0. The molecule has 1 fully saturated rings. The molecule has 1 rings (SSSR count). The topological polar surface area (TPSA) is 35.2 Å².